The topological polar surface area (TPSA) is 40.5 Å². The van der Waals surface area contributed by atoms with Crippen LogP contribution in [0.5, 0.6) is 0 Å². The van der Waals surface area contributed by atoms with Gasteiger partial charge in [0.2, 0.25) is 0 Å². The van der Waals surface area contributed by atoms with Gasteiger partial charge in [-0.15, -0.1) is 0 Å². The van der Waals surface area contributed by atoms with Crippen molar-refractivity contribution < 1.29 is 9.90 Å². The van der Waals surface area contributed by atoms with E-state index in [1.165, 1.54) is 5.56 Å². The van der Waals surface area contributed by atoms with E-state index in [1.807, 2.05) is 20.8 Å². The van der Waals surface area contributed by atoms with Crippen LogP contribution in [-0.4, -0.2) is 24.2 Å². The zero-order valence-electron chi connectivity index (χ0n) is 10.8. The van der Waals surface area contributed by atoms with Crippen LogP contribution >= 0.6 is 0 Å². The third-order valence-electron chi connectivity index (χ3n) is 2.94. The van der Waals surface area contributed by atoms with E-state index in [0.29, 0.717) is 6.54 Å². The van der Waals surface area contributed by atoms with Crippen LogP contribution in [0.4, 0.5) is 5.69 Å². The molecule has 94 valence electrons. The number of aliphatic carboxylic acids is 1. The van der Waals surface area contributed by atoms with E-state index in [0.717, 1.165) is 18.7 Å². The molecule has 2 rings (SSSR count). The largest absolute Gasteiger partial charge is 0.481 e. The van der Waals surface area contributed by atoms with Crippen molar-refractivity contribution in [3.63, 3.8) is 0 Å². The van der Waals surface area contributed by atoms with Gasteiger partial charge in [0.15, 0.2) is 0 Å². The fourth-order valence-corrected chi connectivity index (χ4v) is 1.95. The molecule has 1 saturated heterocycles. The van der Waals surface area contributed by atoms with Gasteiger partial charge in [0.1, 0.15) is 0 Å². The second-order valence-corrected chi connectivity index (χ2v) is 4.11. The van der Waals surface area contributed by atoms with Gasteiger partial charge in [-0.2, -0.15) is 0 Å². The van der Waals surface area contributed by atoms with Crippen LogP contribution in [0.15, 0.2) is 24.3 Å². The first-order chi connectivity index (χ1) is 8.16. The minimum atomic E-state index is -0.676. The van der Waals surface area contributed by atoms with Gasteiger partial charge < -0.3 is 10.0 Å². The number of hydrogen-bond acceptors (Lipinski definition) is 2. The number of carboxylic acids is 1. The summed E-state index contributed by atoms with van der Waals surface area (Å²) in [5.41, 5.74) is 2.36. The molecule has 0 spiro atoms. The SMILES string of the molecule is CC.Cc1ccc(N2CCC(C(=O)O)C2)cc1. The second kappa shape index (κ2) is 6.28. The smallest absolute Gasteiger partial charge is 0.308 e. The maximum absolute atomic E-state index is 10.8. The number of aryl methyl sites for hydroxylation is 1. The van der Waals surface area contributed by atoms with Gasteiger partial charge in [-0.1, -0.05) is 31.5 Å². The molecule has 3 heteroatoms. The highest BCUT2D eigenvalue weighted by Crippen LogP contribution is 2.23. The Balaban J connectivity index is 0.000000686. The van der Waals surface area contributed by atoms with Crippen LogP contribution in [0.1, 0.15) is 25.8 Å². The molecule has 3 nitrogen and oxygen atoms in total. The normalized spacial score (nSPS) is 18.5. The number of benzene rings is 1. The molecular weight excluding hydrogens is 214 g/mol. The summed E-state index contributed by atoms with van der Waals surface area (Å²) >= 11 is 0. The summed E-state index contributed by atoms with van der Waals surface area (Å²) in [7, 11) is 0. The monoisotopic (exact) mass is 235 g/mol. The van der Waals surface area contributed by atoms with E-state index in [4.69, 9.17) is 5.11 Å². The van der Waals surface area contributed by atoms with Gasteiger partial charge in [-0.05, 0) is 25.5 Å². The zero-order chi connectivity index (χ0) is 12.8. The Morgan fingerprint density at radius 2 is 1.88 bits per heavy atom. The first-order valence-corrected chi connectivity index (χ1v) is 6.21. The zero-order valence-corrected chi connectivity index (χ0v) is 10.8. The van der Waals surface area contributed by atoms with Gasteiger partial charge >= 0.3 is 5.97 Å². The maximum atomic E-state index is 10.8. The number of carboxylic acid groups (broad SMARTS) is 1. The minimum absolute atomic E-state index is 0.202. The van der Waals surface area contributed by atoms with Crippen LogP contribution in [0.3, 0.4) is 0 Å². The molecule has 1 heterocycles. The summed E-state index contributed by atoms with van der Waals surface area (Å²) in [6.07, 6.45) is 0.753. The fourth-order valence-electron chi connectivity index (χ4n) is 1.95. The predicted octanol–water partition coefficient (Wildman–Crippen LogP) is 2.93. The Morgan fingerprint density at radius 1 is 1.29 bits per heavy atom. The van der Waals surface area contributed by atoms with Crippen LogP contribution < -0.4 is 4.90 Å². The molecule has 1 aliphatic heterocycles. The molecule has 0 aromatic heterocycles. The highest BCUT2D eigenvalue weighted by Gasteiger charge is 2.27. The lowest BCUT2D eigenvalue weighted by Gasteiger charge is -2.17. The molecule has 1 fully saturated rings. The first-order valence-electron chi connectivity index (χ1n) is 6.21. The number of carbonyl (C=O) groups is 1. The van der Waals surface area contributed by atoms with Crippen LogP contribution in [0.2, 0.25) is 0 Å². The molecule has 0 aliphatic carbocycles. The lowest BCUT2D eigenvalue weighted by atomic mass is 10.1. The minimum Gasteiger partial charge on any atom is -0.481 e. The van der Waals surface area contributed by atoms with Crippen molar-refractivity contribution in [2.45, 2.75) is 27.2 Å². The van der Waals surface area contributed by atoms with E-state index in [-0.39, 0.29) is 5.92 Å². The van der Waals surface area contributed by atoms with Crippen LogP contribution in [-0.2, 0) is 4.79 Å². The average molecular weight is 235 g/mol. The summed E-state index contributed by atoms with van der Waals surface area (Å²) in [6, 6.07) is 8.23. The third-order valence-corrected chi connectivity index (χ3v) is 2.94. The second-order valence-electron chi connectivity index (χ2n) is 4.11. The Labute approximate surface area is 103 Å². The molecule has 17 heavy (non-hydrogen) atoms. The van der Waals surface area contributed by atoms with Crippen molar-refractivity contribution >= 4 is 11.7 Å². The summed E-state index contributed by atoms with van der Waals surface area (Å²) in [5.74, 6) is -0.879. The predicted molar refractivity (Wildman–Crippen MR) is 70.5 cm³/mol. The van der Waals surface area contributed by atoms with Crippen molar-refractivity contribution in [1.29, 1.82) is 0 Å². The molecule has 1 aromatic rings. The summed E-state index contributed by atoms with van der Waals surface area (Å²) < 4.78 is 0. The third kappa shape index (κ3) is 3.48. The maximum Gasteiger partial charge on any atom is 0.308 e. The number of anilines is 1. The summed E-state index contributed by atoms with van der Waals surface area (Å²) in [6.45, 7) is 7.53. The van der Waals surface area contributed by atoms with Crippen molar-refractivity contribution in [3.8, 4) is 0 Å². The summed E-state index contributed by atoms with van der Waals surface area (Å²) in [4.78, 5) is 12.9. The molecule has 0 radical (unpaired) electrons. The first kappa shape index (κ1) is 13.6. The Hall–Kier alpha value is -1.51. The Bertz CT molecular complexity index is 359. The number of rotatable bonds is 2. The molecule has 1 aromatic carbocycles. The Morgan fingerprint density at radius 3 is 2.35 bits per heavy atom. The van der Waals surface area contributed by atoms with E-state index in [2.05, 4.69) is 29.2 Å². The molecule has 1 N–H and O–H groups in total. The fraction of sp³-hybridized carbons (Fsp3) is 0.500. The molecular formula is C14H21NO2. The number of nitrogens with zero attached hydrogens (tertiary/aromatic N) is 1. The van der Waals surface area contributed by atoms with E-state index in [9.17, 15) is 4.79 Å². The van der Waals surface area contributed by atoms with Gasteiger partial charge in [0.05, 0.1) is 5.92 Å². The number of hydrogen-bond donors (Lipinski definition) is 1. The Kier molecular flexibility index (Phi) is 5.01. The highest BCUT2D eigenvalue weighted by atomic mass is 16.4. The molecule has 1 atom stereocenters. The standard InChI is InChI=1S/C12H15NO2.C2H6/c1-9-2-4-11(5-3-9)13-7-6-10(8-13)12(14)15;1-2/h2-5,10H,6-8H2,1H3,(H,14,15);1-2H3. The quantitative estimate of drug-likeness (QED) is 0.856. The van der Waals surface area contributed by atoms with E-state index in [1.54, 1.807) is 0 Å². The van der Waals surface area contributed by atoms with Crippen molar-refractivity contribution in [2.24, 2.45) is 5.92 Å². The van der Waals surface area contributed by atoms with Gasteiger partial charge in [0.25, 0.3) is 0 Å². The van der Waals surface area contributed by atoms with E-state index < -0.39 is 5.97 Å². The van der Waals surface area contributed by atoms with Crippen molar-refractivity contribution in [1.82, 2.24) is 0 Å². The lowest BCUT2D eigenvalue weighted by molar-refractivity contribution is -0.140. The molecule has 0 bridgehead atoms. The molecule has 0 amide bonds. The average Bonchev–Trinajstić information content (AvgIpc) is 2.82. The van der Waals surface area contributed by atoms with E-state index >= 15 is 0 Å². The van der Waals surface area contributed by atoms with Gasteiger partial charge in [0, 0.05) is 18.8 Å². The molecule has 0 saturated carbocycles. The highest BCUT2D eigenvalue weighted by molar-refractivity contribution is 5.72. The summed E-state index contributed by atoms with van der Waals surface area (Å²) in [5, 5.41) is 8.90. The van der Waals surface area contributed by atoms with Crippen molar-refractivity contribution in [3.05, 3.63) is 29.8 Å². The lowest BCUT2D eigenvalue weighted by Crippen LogP contribution is -2.22. The van der Waals surface area contributed by atoms with Gasteiger partial charge in [-0.3, -0.25) is 4.79 Å². The van der Waals surface area contributed by atoms with Crippen molar-refractivity contribution in [2.75, 3.05) is 18.0 Å². The van der Waals surface area contributed by atoms with Gasteiger partial charge in [-0.25, -0.2) is 0 Å². The molecule has 1 aliphatic rings. The van der Waals surface area contributed by atoms with Crippen LogP contribution in [0, 0.1) is 12.8 Å². The van der Waals surface area contributed by atoms with Crippen LogP contribution in [0.25, 0.3) is 0 Å². The molecule has 1 unspecified atom stereocenters.